The van der Waals surface area contributed by atoms with E-state index in [2.05, 4.69) is 9.88 Å². The summed E-state index contributed by atoms with van der Waals surface area (Å²) in [4.78, 5) is 5.98. The maximum atomic E-state index is 13.1. The van der Waals surface area contributed by atoms with Gasteiger partial charge in [0.2, 0.25) is 0 Å². The summed E-state index contributed by atoms with van der Waals surface area (Å²) in [5, 5.41) is 4.69. The predicted octanol–water partition coefficient (Wildman–Crippen LogP) is 4.16. The van der Waals surface area contributed by atoms with Crippen molar-refractivity contribution in [2.75, 3.05) is 24.6 Å². The number of hydrogen-bond donors (Lipinski definition) is 0. The van der Waals surface area contributed by atoms with Crippen molar-refractivity contribution in [2.45, 2.75) is 57.3 Å². The molecule has 4 aliphatic rings. The molecule has 2 aliphatic heterocycles. The summed E-state index contributed by atoms with van der Waals surface area (Å²) < 4.78 is 64.8. The van der Waals surface area contributed by atoms with Crippen molar-refractivity contribution in [1.29, 1.82) is 0 Å². The summed E-state index contributed by atoms with van der Waals surface area (Å²) in [5.74, 6) is 2.22. The molecule has 0 amide bonds. The monoisotopic (exact) mass is 494 g/mol. The Morgan fingerprint density at radius 3 is 2.47 bits per heavy atom. The van der Waals surface area contributed by atoms with Gasteiger partial charge in [0.1, 0.15) is 5.69 Å². The van der Waals surface area contributed by atoms with E-state index in [1.165, 1.54) is 6.20 Å². The van der Waals surface area contributed by atoms with Crippen LogP contribution in [0.3, 0.4) is 0 Å². The molecule has 2 aromatic rings. The Morgan fingerprint density at radius 2 is 1.85 bits per heavy atom. The van der Waals surface area contributed by atoms with Crippen molar-refractivity contribution in [3.8, 4) is 11.3 Å². The van der Waals surface area contributed by atoms with Crippen LogP contribution in [0.25, 0.3) is 11.3 Å². The van der Waals surface area contributed by atoms with Gasteiger partial charge in [0, 0.05) is 47.4 Å². The van der Waals surface area contributed by atoms with Crippen LogP contribution in [-0.2, 0) is 16.0 Å². The third-order valence-electron chi connectivity index (χ3n) is 8.40. The number of aromatic nitrogens is 3. The van der Waals surface area contributed by atoms with Gasteiger partial charge >= 0.3 is 6.18 Å². The second-order valence-electron chi connectivity index (χ2n) is 11.2. The lowest BCUT2D eigenvalue weighted by Gasteiger charge is -2.38. The highest BCUT2D eigenvalue weighted by molar-refractivity contribution is 7.92. The van der Waals surface area contributed by atoms with Gasteiger partial charge in [-0.05, 0) is 69.7 Å². The van der Waals surface area contributed by atoms with E-state index < -0.39 is 21.7 Å². The number of nitrogens with zero attached hydrogens (tertiary/aromatic N) is 4. The molecule has 2 aliphatic carbocycles. The normalized spacial score (nSPS) is 31.7. The lowest BCUT2D eigenvalue weighted by molar-refractivity contribution is -0.141. The Labute approximate surface area is 197 Å². The molecule has 2 aromatic heterocycles. The maximum Gasteiger partial charge on any atom is 0.433 e. The molecule has 2 unspecified atom stereocenters. The summed E-state index contributed by atoms with van der Waals surface area (Å²) in [6.45, 7) is 5.98. The first-order chi connectivity index (χ1) is 15.9. The lowest BCUT2D eigenvalue weighted by Crippen LogP contribution is -2.50. The highest BCUT2D eigenvalue weighted by atomic mass is 32.2. The van der Waals surface area contributed by atoms with Gasteiger partial charge in [0.05, 0.1) is 17.2 Å². The molecule has 4 heterocycles. The second kappa shape index (κ2) is 7.29. The van der Waals surface area contributed by atoms with Crippen molar-refractivity contribution < 1.29 is 21.6 Å². The van der Waals surface area contributed by atoms with E-state index >= 15 is 0 Å². The topological polar surface area (TPSA) is 68.1 Å². The standard InChI is InChI=1S/C24H29F3N4O2S/c1-14(2)31-20(10-19(29-31)15-3-5-28-21(7-15)24(25,26)27)22-17-8-16(9-18(17)22)30-6-4-23(11-30)12-34(32,33)13-23/h3,5,7,10,14,16-18,22H,4,6,8-9,11-13H2,1-2H3/t16?,17-,18+,22?. The number of pyridine rings is 1. The molecule has 2 saturated heterocycles. The molecule has 6 rings (SSSR count). The number of rotatable bonds is 4. The number of sulfone groups is 1. The average molecular weight is 495 g/mol. The molecule has 10 heteroatoms. The van der Waals surface area contributed by atoms with Gasteiger partial charge in [-0.1, -0.05) is 0 Å². The fourth-order valence-electron chi connectivity index (χ4n) is 6.91. The molecule has 1 spiro atoms. The molecule has 4 fully saturated rings. The van der Waals surface area contributed by atoms with E-state index in [1.54, 1.807) is 6.07 Å². The molecule has 2 saturated carbocycles. The van der Waals surface area contributed by atoms with Crippen molar-refractivity contribution in [3.05, 3.63) is 35.8 Å². The fourth-order valence-corrected chi connectivity index (χ4v) is 9.17. The molecule has 6 nitrogen and oxygen atoms in total. The number of likely N-dealkylation sites (tertiary alicyclic amines) is 1. The molecule has 0 N–H and O–H groups in total. The largest absolute Gasteiger partial charge is 0.433 e. The Balaban J connectivity index is 1.17. The van der Waals surface area contributed by atoms with Crippen LogP contribution in [-0.4, -0.2) is 58.7 Å². The molecule has 4 atom stereocenters. The molecule has 0 aromatic carbocycles. The van der Waals surface area contributed by atoms with Crippen LogP contribution in [0.1, 0.15) is 56.5 Å². The lowest BCUT2D eigenvalue weighted by atomic mass is 9.91. The van der Waals surface area contributed by atoms with Gasteiger partial charge in [-0.3, -0.25) is 14.6 Å². The third kappa shape index (κ3) is 3.68. The number of alkyl halides is 3. The maximum absolute atomic E-state index is 13.1. The van der Waals surface area contributed by atoms with Crippen molar-refractivity contribution >= 4 is 9.84 Å². The number of hydrogen-bond acceptors (Lipinski definition) is 5. The summed E-state index contributed by atoms with van der Waals surface area (Å²) in [6, 6.07) is 5.25. The predicted molar refractivity (Wildman–Crippen MR) is 121 cm³/mol. The summed E-state index contributed by atoms with van der Waals surface area (Å²) in [5.41, 5.74) is 1.21. The van der Waals surface area contributed by atoms with E-state index in [0.717, 1.165) is 44.1 Å². The third-order valence-corrected chi connectivity index (χ3v) is 10.5. The minimum atomic E-state index is -4.49. The molecule has 184 valence electrons. The van der Waals surface area contributed by atoms with Crippen LogP contribution in [0.4, 0.5) is 13.2 Å². The first kappa shape index (κ1) is 22.5. The Kier molecular flexibility index (Phi) is 4.83. The first-order valence-electron chi connectivity index (χ1n) is 12.0. The minimum absolute atomic E-state index is 0.00398. The quantitative estimate of drug-likeness (QED) is 0.639. The number of fused-ring (bicyclic) bond motifs is 1. The minimum Gasteiger partial charge on any atom is -0.300 e. The zero-order chi connectivity index (χ0) is 24.0. The highest BCUT2D eigenvalue weighted by Crippen LogP contribution is 2.64. The van der Waals surface area contributed by atoms with E-state index in [1.807, 2.05) is 24.6 Å². The van der Waals surface area contributed by atoms with E-state index in [0.29, 0.717) is 46.6 Å². The molecular formula is C24H29F3N4O2S. The van der Waals surface area contributed by atoms with Gasteiger partial charge < -0.3 is 0 Å². The van der Waals surface area contributed by atoms with E-state index in [9.17, 15) is 21.6 Å². The molecule has 0 bridgehead atoms. The fraction of sp³-hybridized carbons (Fsp3) is 0.667. The van der Waals surface area contributed by atoms with E-state index in [4.69, 9.17) is 5.10 Å². The first-order valence-corrected chi connectivity index (χ1v) is 13.8. The highest BCUT2D eigenvalue weighted by Gasteiger charge is 2.60. The zero-order valence-corrected chi connectivity index (χ0v) is 20.1. The van der Waals surface area contributed by atoms with Gasteiger partial charge in [-0.15, -0.1) is 0 Å². The molecule has 0 radical (unpaired) electrons. The van der Waals surface area contributed by atoms with Crippen LogP contribution in [0.5, 0.6) is 0 Å². The van der Waals surface area contributed by atoms with Crippen LogP contribution in [0.2, 0.25) is 0 Å². The van der Waals surface area contributed by atoms with Gasteiger partial charge in [0.15, 0.2) is 9.84 Å². The van der Waals surface area contributed by atoms with Crippen molar-refractivity contribution in [1.82, 2.24) is 19.7 Å². The van der Waals surface area contributed by atoms with Crippen LogP contribution >= 0.6 is 0 Å². The van der Waals surface area contributed by atoms with Crippen LogP contribution < -0.4 is 0 Å². The molecule has 34 heavy (non-hydrogen) atoms. The smallest absolute Gasteiger partial charge is 0.300 e. The van der Waals surface area contributed by atoms with Crippen molar-refractivity contribution in [2.24, 2.45) is 17.3 Å². The zero-order valence-electron chi connectivity index (χ0n) is 19.3. The van der Waals surface area contributed by atoms with Gasteiger partial charge in [-0.2, -0.15) is 18.3 Å². The van der Waals surface area contributed by atoms with Crippen LogP contribution in [0.15, 0.2) is 24.4 Å². The second-order valence-corrected chi connectivity index (χ2v) is 13.2. The Hall–Kier alpha value is -1.94. The Bertz CT molecular complexity index is 1220. The van der Waals surface area contributed by atoms with Gasteiger partial charge in [-0.25, -0.2) is 8.42 Å². The van der Waals surface area contributed by atoms with Gasteiger partial charge in [0.25, 0.3) is 0 Å². The Morgan fingerprint density at radius 1 is 1.15 bits per heavy atom. The van der Waals surface area contributed by atoms with Crippen LogP contribution in [0, 0.1) is 17.3 Å². The summed E-state index contributed by atoms with van der Waals surface area (Å²) in [6.07, 6.45) is -0.107. The number of halogens is 3. The summed E-state index contributed by atoms with van der Waals surface area (Å²) >= 11 is 0. The molecular weight excluding hydrogens is 465 g/mol. The van der Waals surface area contributed by atoms with Crippen molar-refractivity contribution in [3.63, 3.8) is 0 Å². The summed E-state index contributed by atoms with van der Waals surface area (Å²) in [7, 11) is -2.81. The SMILES string of the molecule is CC(C)n1nc(-c2ccnc(C(F)(F)F)c2)cc1C1[C@H]2CC(N3CCC4(C3)CS(=O)(=O)C4)C[C@@H]12. The average Bonchev–Trinajstić information content (AvgIpc) is 3.18. The van der Waals surface area contributed by atoms with E-state index in [-0.39, 0.29) is 11.5 Å².